The van der Waals surface area contributed by atoms with Gasteiger partial charge in [-0.15, -0.1) is 0 Å². The fourth-order valence-electron chi connectivity index (χ4n) is 3.70. The molecule has 3 amide bonds. The number of anilines is 1. The zero-order valence-corrected chi connectivity index (χ0v) is 14.2. The van der Waals surface area contributed by atoms with E-state index in [1.807, 2.05) is 0 Å². The summed E-state index contributed by atoms with van der Waals surface area (Å²) in [4.78, 5) is 27.3. The molecule has 1 saturated heterocycles. The van der Waals surface area contributed by atoms with Crippen molar-refractivity contribution in [2.45, 2.75) is 44.7 Å². The van der Waals surface area contributed by atoms with Crippen LogP contribution < -0.4 is 16.0 Å². The van der Waals surface area contributed by atoms with E-state index in [9.17, 15) is 9.59 Å². The van der Waals surface area contributed by atoms with E-state index in [0.717, 1.165) is 25.8 Å². The van der Waals surface area contributed by atoms with E-state index in [4.69, 9.17) is 5.73 Å². The van der Waals surface area contributed by atoms with E-state index in [0.29, 0.717) is 25.6 Å². The molecule has 0 aromatic heterocycles. The van der Waals surface area contributed by atoms with Crippen LogP contribution in [0.1, 0.15) is 31.7 Å². The molecule has 130 valence electrons. The van der Waals surface area contributed by atoms with Crippen LogP contribution in [0.15, 0.2) is 24.3 Å². The zero-order valence-electron chi connectivity index (χ0n) is 14.2. The van der Waals surface area contributed by atoms with Crippen LogP contribution in [0.2, 0.25) is 0 Å². The maximum atomic E-state index is 12.3. The molecule has 6 nitrogen and oxygen atoms in total. The van der Waals surface area contributed by atoms with Gasteiger partial charge in [-0.1, -0.05) is 18.2 Å². The van der Waals surface area contributed by atoms with E-state index in [-0.39, 0.29) is 11.9 Å². The van der Waals surface area contributed by atoms with Gasteiger partial charge in [-0.05, 0) is 37.8 Å². The van der Waals surface area contributed by atoms with Crippen LogP contribution in [0.3, 0.4) is 0 Å². The molecule has 3 N–H and O–H groups in total. The van der Waals surface area contributed by atoms with E-state index in [2.05, 4.69) is 41.4 Å². The number of para-hydroxylation sites is 1. The third-order valence-electron chi connectivity index (χ3n) is 5.11. The number of nitrogens with two attached hydrogens (primary N) is 1. The minimum atomic E-state index is -0.412. The average molecular weight is 330 g/mol. The standard InChI is InChI=1S/C18H26N4O2/c1-13-6-7-14-4-2-3-5-16(14)22(13)11-9-17(23)20-15-8-10-21(12-15)18(19)24/h2-5,13,15H,6-12H2,1H3,(H2,19,24)(H,20,23). The second-order valence-corrected chi connectivity index (χ2v) is 6.80. The molecule has 0 bridgehead atoms. The molecule has 2 atom stereocenters. The van der Waals surface area contributed by atoms with Crippen molar-refractivity contribution < 1.29 is 9.59 Å². The lowest BCUT2D eigenvalue weighted by atomic mass is 9.96. The highest BCUT2D eigenvalue weighted by atomic mass is 16.2. The molecule has 24 heavy (non-hydrogen) atoms. The van der Waals surface area contributed by atoms with Gasteiger partial charge < -0.3 is 20.9 Å². The Labute approximate surface area is 143 Å². The molecule has 1 fully saturated rings. The summed E-state index contributed by atoms with van der Waals surface area (Å²) in [6.07, 6.45) is 3.46. The number of urea groups is 1. The average Bonchev–Trinajstić information content (AvgIpc) is 3.02. The van der Waals surface area contributed by atoms with Gasteiger partial charge in [0.2, 0.25) is 5.91 Å². The van der Waals surface area contributed by atoms with Crippen LogP contribution in [0, 0.1) is 0 Å². The third kappa shape index (κ3) is 3.63. The van der Waals surface area contributed by atoms with Crippen molar-refractivity contribution in [1.29, 1.82) is 0 Å². The molecule has 1 aromatic carbocycles. The van der Waals surface area contributed by atoms with Crippen molar-refractivity contribution in [1.82, 2.24) is 10.2 Å². The summed E-state index contributed by atoms with van der Waals surface area (Å²) in [5, 5.41) is 3.03. The van der Waals surface area contributed by atoms with Crippen molar-refractivity contribution in [2.75, 3.05) is 24.5 Å². The summed E-state index contributed by atoms with van der Waals surface area (Å²) in [5.41, 5.74) is 7.89. The van der Waals surface area contributed by atoms with Crippen LogP contribution in [0.25, 0.3) is 0 Å². The molecule has 6 heteroatoms. The smallest absolute Gasteiger partial charge is 0.314 e. The Kier molecular flexibility index (Phi) is 4.92. The molecular formula is C18H26N4O2. The Bertz CT molecular complexity index is 619. The van der Waals surface area contributed by atoms with Gasteiger partial charge in [0.1, 0.15) is 0 Å². The number of aryl methyl sites for hydroxylation is 1. The van der Waals surface area contributed by atoms with Crippen molar-refractivity contribution in [2.24, 2.45) is 5.73 Å². The number of hydrogen-bond acceptors (Lipinski definition) is 3. The van der Waals surface area contributed by atoms with E-state index < -0.39 is 6.03 Å². The molecule has 2 unspecified atom stereocenters. The number of nitrogens with zero attached hydrogens (tertiary/aromatic N) is 2. The first-order valence-corrected chi connectivity index (χ1v) is 8.73. The number of primary amides is 1. The van der Waals surface area contributed by atoms with Gasteiger partial charge in [-0.25, -0.2) is 4.79 Å². The number of hydrogen-bond donors (Lipinski definition) is 2. The monoisotopic (exact) mass is 330 g/mol. The predicted molar refractivity (Wildman–Crippen MR) is 93.9 cm³/mol. The van der Waals surface area contributed by atoms with Crippen molar-refractivity contribution in [3.63, 3.8) is 0 Å². The van der Waals surface area contributed by atoms with Gasteiger partial charge in [-0.2, -0.15) is 0 Å². The molecule has 3 rings (SSSR count). The molecule has 0 spiro atoms. The fraction of sp³-hybridized carbons (Fsp3) is 0.556. The molecule has 0 aliphatic carbocycles. The maximum Gasteiger partial charge on any atom is 0.314 e. The van der Waals surface area contributed by atoms with E-state index in [1.54, 1.807) is 4.90 Å². The highest BCUT2D eigenvalue weighted by Crippen LogP contribution is 2.30. The lowest BCUT2D eigenvalue weighted by Gasteiger charge is -2.37. The molecule has 2 aliphatic heterocycles. The Hall–Kier alpha value is -2.24. The predicted octanol–water partition coefficient (Wildman–Crippen LogP) is 1.49. The number of amides is 3. The number of fused-ring (bicyclic) bond motifs is 1. The molecule has 0 radical (unpaired) electrons. The number of rotatable bonds is 4. The Morgan fingerprint density at radius 3 is 2.83 bits per heavy atom. The van der Waals surface area contributed by atoms with Crippen LogP contribution >= 0.6 is 0 Å². The van der Waals surface area contributed by atoms with Gasteiger partial charge in [0.15, 0.2) is 0 Å². The van der Waals surface area contributed by atoms with Crippen LogP contribution in [0.4, 0.5) is 10.5 Å². The highest BCUT2D eigenvalue weighted by Gasteiger charge is 2.27. The summed E-state index contributed by atoms with van der Waals surface area (Å²) in [6.45, 7) is 4.08. The summed E-state index contributed by atoms with van der Waals surface area (Å²) < 4.78 is 0. The summed E-state index contributed by atoms with van der Waals surface area (Å²) >= 11 is 0. The normalized spacial score (nSPS) is 23.0. The molecule has 0 saturated carbocycles. The van der Waals surface area contributed by atoms with Gasteiger partial charge in [0, 0.05) is 43.8 Å². The van der Waals surface area contributed by atoms with Crippen LogP contribution in [-0.2, 0) is 11.2 Å². The fourth-order valence-corrected chi connectivity index (χ4v) is 3.70. The van der Waals surface area contributed by atoms with Crippen LogP contribution in [-0.4, -0.2) is 48.6 Å². The second kappa shape index (κ2) is 7.11. The first-order valence-electron chi connectivity index (χ1n) is 8.73. The first-order chi connectivity index (χ1) is 11.5. The van der Waals surface area contributed by atoms with Gasteiger partial charge in [-0.3, -0.25) is 4.79 Å². The SMILES string of the molecule is CC1CCc2ccccc2N1CCC(=O)NC1CCN(C(N)=O)C1. The van der Waals surface area contributed by atoms with Crippen LogP contribution in [0.5, 0.6) is 0 Å². The Morgan fingerprint density at radius 1 is 1.29 bits per heavy atom. The van der Waals surface area contributed by atoms with Gasteiger partial charge >= 0.3 is 6.03 Å². The number of benzene rings is 1. The lowest BCUT2D eigenvalue weighted by molar-refractivity contribution is -0.121. The quantitative estimate of drug-likeness (QED) is 0.878. The summed E-state index contributed by atoms with van der Waals surface area (Å²) in [5.74, 6) is 0.0431. The number of carbonyl (C=O) groups excluding carboxylic acids is 2. The lowest BCUT2D eigenvalue weighted by Crippen LogP contribution is -2.43. The minimum Gasteiger partial charge on any atom is -0.368 e. The second-order valence-electron chi connectivity index (χ2n) is 6.80. The molecule has 2 aliphatic rings. The molecule has 1 aromatic rings. The van der Waals surface area contributed by atoms with E-state index >= 15 is 0 Å². The maximum absolute atomic E-state index is 12.3. The topological polar surface area (TPSA) is 78.7 Å². The summed E-state index contributed by atoms with van der Waals surface area (Å²) in [7, 11) is 0. The Morgan fingerprint density at radius 2 is 2.08 bits per heavy atom. The van der Waals surface area contributed by atoms with Gasteiger partial charge in [0.05, 0.1) is 0 Å². The minimum absolute atomic E-state index is 0.0241. The Balaban J connectivity index is 1.52. The zero-order chi connectivity index (χ0) is 17.1. The highest BCUT2D eigenvalue weighted by molar-refractivity contribution is 5.77. The van der Waals surface area contributed by atoms with Gasteiger partial charge in [0.25, 0.3) is 0 Å². The first kappa shape index (κ1) is 16.6. The van der Waals surface area contributed by atoms with Crippen molar-refractivity contribution in [3.8, 4) is 0 Å². The van der Waals surface area contributed by atoms with Crippen molar-refractivity contribution in [3.05, 3.63) is 29.8 Å². The summed E-state index contributed by atoms with van der Waals surface area (Å²) in [6, 6.07) is 8.51. The number of carbonyl (C=O) groups is 2. The largest absolute Gasteiger partial charge is 0.368 e. The number of likely N-dealkylation sites (tertiary alicyclic amines) is 1. The molecule has 2 heterocycles. The third-order valence-corrected chi connectivity index (χ3v) is 5.11. The van der Waals surface area contributed by atoms with Crippen molar-refractivity contribution >= 4 is 17.6 Å². The van der Waals surface area contributed by atoms with E-state index in [1.165, 1.54) is 11.3 Å². The number of nitrogens with one attached hydrogen (secondary N) is 1. The molecular weight excluding hydrogens is 304 g/mol.